The summed E-state index contributed by atoms with van der Waals surface area (Å²) in [5.41, 5.74) is 0. The highest BCUT2D eigenvalue weighted by Gasteiger charge is 2.12. The predicted molar refractivity (Wildman–Crippen MR) is 84.0 cm³/mol. The summed E-state index contributed by atoms with van der Waals surface area (Å²) in [5.74, 6) is 0.249. The van der Waals surface area contributed by atoms with Crippen molar-refractivity contribution in [2.24, 2.45) is 0 Å². The van der Waals surface area contributed by atoms with Gasteiger partial charge in [0.15, 0.2) is 11.0 Å². The topological polar surface area (TPSA) is 72.7 Å². The van der Waals surface area contributed by atoms with Crippen molar-refractivity contribution in [3.63, 3.8) is 0 Å². The lowest BCUT2D eigenvalue weighted by Gasteiger charge is -2.09. The molecular formula is C12H13Cl2N5OS. The van der Waals surface area contributed by atoms with Gasteiger partial charge in [0.1, 0.15) is 6.33 Å². The Morgan fingerprint density at radius 3 is 2.90 bits per heavy atom. The maximum Gasteiger partial charge on any atom is 0.236 e. The van der Waals surface area contributed by atoms with E-state index >= 15 is 0 Å². The molecule has 9 heteroatoms. The van der Waals surface area contributed by atoms with E-state index in [4.69, 9.17) is 23.2 Å². The number of hydrogen-bond acceptors (Lipinski definition) is 5. The number of aromatic nitrogens is 4. The third kappa shape index (κ3) is 4.33. The molecule has 21 heavy (non-hydrogen) atoms. The van der Waals surface area contributed by atoms with Gasteiger partial charge in [-0.15, -0.1) is 10.2 Å². The summed E-state index contributed by atoms with van der Waals surface area (Å²) in [7, 11) is 0. The fourth-order valence-corrected chi connectivity index (χ4v) is 2.77. The molecule has 0 aliphatic rings. The number of halogens is 2. The molecule has 2 rings (SSSR count). The second-order valence-corrected chi connectivity index (χ2v) is 6.22. The highest BCUT2D eigenvalue weighted by Crippen LogP contribution is 2.23. The molecule has 0 saturated heterocycles. The molecule has 1 N–H and O–H groups in total. The molecule has 0 fully saturated rings. The Balaban J connectivity index is 1.94. The molecule has 0 spiro atoms. The molecule has 0 radical (unpaired) electrons. The Bertz CT molecular complexity index is 646. The minimum atomic E-state index is -0.227. The first kappa shape index (κ1) is 16.1. The fourth-order valence-electron chi connectivity index (χ4n) is 1.49. The van der Waals surface area contributed by atoms with Crippen LogP contribution in [0.25, 0.3) is 0 Å². The van der Waals surface area contributed by atoms with Crippen molar-refractivity contribution in [3.8, 4) is 0 Å². The number of thioether (sulfide) groups is 1. The zero-order valence-electron chi connectivity index (χ0n) is 11.4. The van der Waals surface area contributed by atoms with Crippen molar-refractivity contribution >= 4 is 46.7 Å². The van der Waals surface area contributed by atoms with Gasteiger partial charge in [0.05, 0.1) is 15.8 Å². The van der Waals surface area contributed by atoms with E-state index in [1.807, 2.05) is 18.4 Å². The van der Waals surface area contributed by atoms with E-state index in [2.05, 4.69) is 20.5 Å². The number of anilines is 1. The molecule has 2 aromatic rings. The van der Waals surface area contributed by atoms with Crippen LogP contribution < -0.4 is 5.32 Å². The van der Waals surface area contributed by atoms with Crippen LogP contribution in [0.4, 0.5) is 5.82 Å². The molecule has 1 amide bonds. The third-order valence-corrected chi connectivity index (χ3v) is 3.95. The Labute approximate surface area is 136 Å². The van der Waals surface area contributed by atoms with Gasteiger partial charge >= 0.3 is 0 Å². The Hall–Kier alpha value is -1.31. The van der Waals surface area contributed by atoms with Crippen LogP contribution in [0.5, 0.6) is 0 Å². The van der Waals surface area contributed by atoms with Gasteiger partial charge in [-0.05, 0) is 19.9 Å². The number of carbonyl (C=O) groups excluding carboxylic acids is 1. The molecule has 0 aliphatic heterocycles. The summed E-state index contributed by atoms with van der Waals surface area (Å²) >= 11 is 13.0. The van der Waals surface area contributed by atoms with Crippen LogP contribution >= 0.6 is 35.0 Å². The molecule has 0 aromatic carbocycles. The maximum absolute atomic E-state index is 11.9. The lowest BCUT2D eigenvalue weighted by atomic mass is 10.4. The van der Waals surface area contributed by atoms with Gasteiger partial charge in [0.25, 0.3) is 0 Å². The fraction of sp³-hybridized carbons (Fsp3) is 0.333. The van der Waals surface area contributed by atoms with E-state index in [1.165, 1.54) is 24.0 Å². The molecule has 0 atom stereocenters. The van der Waals surface area contributed by atoms with Crippen molar-refractivity contribution in [1.29, 1.82) is 0 Å². The first-order valence-corrected chi connectivity index (χ1v) is 7.84. The number of nitrogens with one attached hydrogen (secondary N) is 1. The van der Waals surface area contributed by atoms with Gasteiger partial charge in [-0.25, -0.2) is 4.98 Å². The molecule has 0 unspecified atom stereocenters. The zero-order valence-corrected chi connectivity index (χ0v) is 13.7. The van der Waals surface area contributed by atoms with Crippen LogP contribution in [0.1, 0.15) is 19.9 Å². The molecule has 0 saturated carbocycles. The quantitative estimate of drug-likeness (QED) is 0.841. The Kier molecular flexibility index (Phi) is 5.44. The molecular weight excluding hydrogens is 333 g/mol. The van der Waals surface area contributed by atoms with Crippen molar-refractivity contribution < 1.29 is 4.79 Å². The minimum Gasteiger partial charge on any atom is -0.309 e. The van der Waals surface area contributed by atoms with Gasteiger partial charge < -0.3 is 9.88 Å². The SMILES string of the molecule is CC(C)n1cnnc1SCC(=O)Nc1ncc(Cl)cc1Cl. The maximum atomic E-state index is 11.9. The summed E-state index contributed by atoms with van der Waals surface area (Å²) < 4.78 is 1.89. The van der Waals surface area contributed by atoms with Gasteiger partial charge in [-0.2, -0.15) is 0 Å². The Morgan fingerprint density at radius 1 is 1.48 bits per heavy atom. The lowest BCUT2D eigenvalue weighted by molar-refractivity contribution is -0.113. The number of hydrogen-bond donors (Lipinski definition) is 1. The van der Waals surface area contributed by atoms with Gasteiger partial charge in [0, 0.05) is 12.2 Å². The second kappa shape index (κ2) is 7.11. The molecule has 2 heterocycles. The smallest absolute Gasteiger partial charge is 0.236 e. The van der Waals surface area contributed by atoms with Gasteiger partial charge in [-0.1, -0.05) is 35.0 Å². The largest absolute Gasteiger partial charge is 0.309 e. The third-order valence-electron chi connectivity index (χ3n) is 2.49. The summed E-state index contributed by atoms with van der Waals surface area (Å²) in [6.45, 7) is 4.04. The van der Waals surface area contributed by atoms with Crippen LogP contribution in [0.3, 0.4) is 0 Å². The van der Waals surface area contributed by atoms with E-state index in [-0.39, 0.29) is 23.5 Å². The van der Waals surface area contributed by atoms with E-state index < -0.39 is 0 Å². The standard InChI is InChI=1S/C12H13Cl2N5OS/c1-7(2)19-6-16-18-12(19)21-5-10(20)17-11-9(14)3-8(13)4-15-11/h3-4,6-7H,5H2,1-2H3,(H,15,17,20). The average molecular weight is 346 g/mol. The van der Waals surface area contributed by atoms with Crippen molar-refractivity contribution in [2.75, 3.05) is 11.1 Å². The summed E-state index contributed by atoms with van der Waals surface area (Å²) in [6, 6.07) is 1.76. The first-order chi connectivity index (χ1) is 9.97. The average Bonchev–Trinajstić information content (AvgIpc) is 2.88. The predicted octanol–water partition coefficient (Wildman–Crippen LogP) is 3.29. The molecule has 6 nitrogen and oxygen atoms in total. The van der Waals surface area contributed by atoms with E-state index in [0.717, 1.165) is 0 Å². The van der Waals surface area contributed by atoms with E-state index in [0.29, 0.717) is 15.2 Å². The normalized spacial score (nSPS) is 10.9. The van der Waals surface area contributed by atoms with Gasteiger partial charge in [-0.3, -0.25) is 4.79 Å². The molecule has 0 aliphatic carbocycles. The van der Waals surface area contributed by atoms with Crippen molar-refractivity contribution in [2.45, 2.75) is 25.0 Å². The van der Waals surface area contributed by atoms with Crippen LogP contribution in [0.15, 0.2) is 23.7 Å². The van der Waals surface area contributed by atoms with Crippen molar-refractivity contribution in [3.05, 3.63) is 28.6 Å². The summed E-state index contributed by atoms with van der Waals surface area (Å²) in [4.78, 5) is 15.9. The van der Waals surface area contributed by atoms with Crippen molar-refractivity contribution in [1.82, 2.24) is 19.7 Å². The van der Waals surface area contributed by atoms with Gasteiger partial charge in [0.2, 0.25) is 5.91 Å². The molecule has 0 bridgehead atoms. The lowest BCUT2D eigenvalue weighted by Crippen LogP contribution is -2.16. The number of nitrogens with zero attached hydrogens (tertiary/aromatic N) is 4. The van der Waals surface area contributed by atoms with E-state index in [1.54, 1.807) is 6.33 Å². The molecule has 112 valence electrons. The number of carbonyl (C=O) groups is 1. The zero-order chi connectivity index (χ0) is 15.4. The number of pyridine rings is 1. The highest BCUT2D eigenvalue weighted by molar-refractivity contribution is 7.99. The number of amides is 1. The van der Waals surface area contributed by atoms with Crippen LogP contribution in [-0.4, -0.2) is 31.4 Å². The first-order valence-electron chi connectivity index (χ1n) is 6.10. The number of rotatable bonds is 5. The summed E-state index contributed by atoms with van der Waals surface area (Å²) in [6.07, 6.45) is 3.06. The monoisotopic (exact) mass is 345 g/mol. The minimum absolute atomic E-state index is 0.187. The highest BCUT2D eigenvalue weighted by atomic mass is 35.5. The van der Waals surface area contributed by atoms with Crippen LogP contribution in [0, 0.1) is 0 Å². The van der Waals surface area contributed by atoms with Crippen LogP contribution in [-0.2, 0) is 4.79 Å². The molecule has 2 aromatic heterocycles. The van der Waals surface area contributed by atoms with Crippen LogP contribution in [0.2, 0.25) is 10.0 Å². The van der Waals surface area contributed by atoms with E-state index in [9.17, 15) is 4.79 Å². The Morgan fingerprint density at radius 2 is 2.24 bits per heavy atom. The second-order valence-electron chi connectivity index (χ2n) is 4.44. The summed E-state index contributed by atoms with van der Waals surface area (Å²) in [5, 5.41) is 11.9.